The molecule has 2 rings (SSSR count). The molecule has 88 valence electrons. The summed E-state index contributed by atoms with van der Waals surface area (Å²) >= 11 is 0. The maximum Gasteiger partial charge on any atom is 4.00 e. The van der Waals surface area contributed by atoms with Crippen molar-refractivity contribution in [3.05, 3.63) is 55.5 Å². The molecule has 2 heteroatoms. The van der Waals surface area contributed by atoms with Crippen molar-refractivity contribution in [3.63, 3.8) is 0 Å². The zero-order valence-electron chi connectivity index (χ0n) is 11.0. The molecule has 0 spiro atoms. The van der Waals surface area contributed by atoms with Crippen molar-refractivity contribution in [1.29, 1.82) is 0 Å². The van der Waals surface area contributed by atoms with Gasteiger partial charge in [-0.15, -0.1) is 0 Å². The molecule has 0 unspecified atom stereocenters. The summed E-state index contributed by atoms with van der Waals surface area (Å²) in [5.41, 5.74) is 0. The van der Waals surface area contributed by atoms with E-state index in [9.17, 15) is 0 Å². The molecule has 0 atom stereocenters. The minimum atomic E-state index is -1.35. The SMILES string of the molecule is C[Si](C)(c1cc[cH-]c1)c1ccc[cH-]1.[CH2-]CC.[Hf+4]. The molecular weight excluding hydrogens is 387 g/mol. The fourth-order valence-corrected chi connectivity index (χ4v) is 4.13. The van der Waals surface area contributed by atoms with Gasteiger partial charge in [0.2, 0.25) is 0 Å². The maximum atomic E-state index is 3.49. The molecule has 0 radical (unpaired) electrons. The summed E-state index contributed by atoms with van der Waals surface area (Å²) in [6, 6.07) is 17.5. The van der Waals surface area contributed by atoms with Crippen LogP contribution >= 0.6 is 0 Å². The second-order valence-corrected chi connectivity index (χ2v) is 8.88. The molecule has 0 amide bonds. The fourth-order valence-electron chi connectivity index (χ4n) is 1.75. The first-order valence-corrected chi connectivity index (χ1v) is 8.86. The Morgan fingerprint density at radius 3 is 2.29 bits per heavy atom. The monoisotopic (exact) mass is 409 g/mol. The minimum absolute atomic E-state index is 0. The molecule has 0 saturated heterocycles. The summed E-state index contributed by atoms with van der Waals surface area (Å²) in [5, 5.41) is 3.05. The second kappa shape index (κ2) is 7.99. The quantitative estimate of drug-likeness (QED) is 0.530. The summed E-state index contributed by atoms with van der Waals surface area (Å²) in [6.07, 6.45) is 1.00. The average Bonchev–Trinajstić information content (AvgIpc) is 2.93. The molecule has 0 nitrogen and oxygen atoms in total. The van der Waals surface area contributed by atoms with Gasteiger partial charge in [0.15, 0.2) is 0 Å². The van der Waals surface area contributed by atoms with Gasteiger partial charge in [0.05, 0.1) is 0 Å². The molecule has 0 bridgehead atoms. The van der Waals surface area contributed by atoms with Gasteiger partial charge in [-0.25, -0.2) is 18.2 Å². The molecule has 2 aromatic carbocycles. The van der Waals surface area contributed by atoms with Gasteiger partial charge in [0.25, 0.3) is 0 Å². The van der Waals surface area contributed by atoms with Crippen LogP contribution < -0.4 is 10.4 Å². The zero-order valence-corrected chi connectivity index (χ0v) is 15.6. The van der Waals surface area contributed by atoms with Crippen molar-refractivity contribution < 1.29 is 25.8 Å². The third-order valence-electron chi connectivity index (χ3n) is 2.77. The van der Waals surface area contributed by atoms with Crippen molar-refractivity contribution in [2.45, 2.75) is 26.4 Å². The van der Waals surface area contributed by atoms with E-state index in [1.165, 1.54) is 10.4 Å². The van der Waals surface area contributed by atoms with Crippen LogP contribution in [0.25, 0.3) is 0 Å². The van der Waals surface area contributed by atoms with Gasteiger partial charge in [-0.05, 0) is 0 Å². The predicted octanol–water partition coefficient (Wildman–Crippen LogP) is 3.17. The Balaban J connectivity index is 0.000000583. The first-order chi connectivity index (χ1) is 7.62. The number of hydrogen-bond acceptors (Lipinski definition) is 0. The van der Waals surface area contributed by atoms with Gasteiger partial charge in [-0.2, -0.15) is 47.1 Å². The Kier molecular flexibility index (Phi) is 7.89. The molecular formula is C15H21HfSi+. The standard InChI is InChI=1S/C12H14Si.C3H7.Hf/c1-13(2,11-7-3-4-8-11)12-9-5-6-10-12;1-3-2;/h3-10H,1-2H3;1,3H2,2H3;/q-2;-1;+4. The van der Waals surface area contributed by atoms with Gasteiger partial charge in [0.1, 0.15) is 0 Å². The van der Waals surface area contributed by atoms with Crippen molar-refractivity contribution in [1.82, 2.24) is 0 Å². The van der Waals surface area contributed by atoms with E-state index in [0.29, 0.717) is 0 Å². The van der Waals surface area contributed by atoms with Crippen molar-refractivity contribution in [2.75, 3.05) is 0 Å². The molecule has 0 aliphatic heterocycles. The molecule has 2 aromatic rings. The molecule has 0 aliphatic carbocycles. The topological polar surface area (TPSA) is 0 Å². The summed E-state index contributed by atoms with van der Waals surface area (Å²) in [5.74, 6) is 0. The van der Waals surface area contributed by atoms with E-state index in [1.54, 1.807) is 0 Å². The second-order valence-electron chi connectivity index (χ2n) is 4.47. The van der Waals surface area contributed by atoms with Gasteiger partial charge in [0, 0.05) is 8.07 Å². The van der Waals surface area contributed by atoms with E-state index in [4.69, 9.17) is 0 Å². The maximum absolute atomic E-state index is 3.49. The van der Waals surface area contributed by atoms with E-state index < -0.39 is 8.07 Å². The average molecular weight is 408 g/mol. The van der Waals surface area contributed by atoms with Crippen molar-refractivity contribution in [2.24, 2.45) is 0 Å². The summed E-state index contributed by atoms with van der Waals surface area (Å²) < 4.78 is 0. The Bertz CT molecular complexity index is 335. The first kappa shape index (κ1) is 16.8. The van der Waals surface area contributed by atoms with Gasteiger partial charge < -0.3 is 6.92 Å². The fraction of sp³-hybridized carbons (Fsp3) is 0.267. The Hall–Kier alpha value is -0.213. The molecule has 0 fully saturated rings. The van der Waals surface area contributed by atoms with Gasteiger partial charge in [-0.1, -0.05) is 20.0 Å². The molecule has 0 N–H and O–H groups in total. The third-order valence-corrected chi connectivity index (χ3v) is 6.32. The van der Waals surface area contributed by atoms with Crippen LogP contribution in [0.5, 0.6) is 0 Å². The number of rotatable bonds is 2. The smallest absolute Gasteiger partial charge is 0.344 e. The van der Waals surface area contributed by atoms with Crippen LogP contribution in [-0.2, 0) is 25.8 Å². The largest absolute Gasteiger partial charge is 4.00 e. The Labute approximate surface area is 126 Å². The van der Waals surface area contributed by atoms with E-state index in [-0.39, 0.29) is 25.8 Å². The Morgan fingerprint density at radius 1 is 1.24 bits per heavy atom. The van der Waals surface area contributed by atoms with Crippen LogP contribution in [0, 0.1) is 6.92 Å². The molecule has 0 heterocycles. The normalized spacial score (nSPS) is 10.1. The van der Waals surface area contributed by atoms with Gasteiger partial charge >= 0.3 is 25.8 Å². The van der Waals surface area contributed by atoms with Crippen molar-refractivity contribution in [3.8, 4) is 0 Å². The van der Waals surface area contributed by atoms with Crippen LogP contribution in [-0.4, -0.2) is 8.07 Å². The molecule has 0 aliphatic rings. The van der Waals surface area contributed by atoms with Gasteiger partial charge in [-0.3, -0.25) is 0 Å². The van der Waals surface area contributed by atoms with Crippen LogP contribution in [0.1, 0.15) is 13.3 Å². The summed E-state index contributed by atoms with van der Waals surface area (Å²) in [7, 11) is -1.35. The number of hydrogen-bond donors (Lipinski definition) is 0. The van der Waals surface area contributed by atoms with Crippen LogP contribution in [0.4, 0.5) is 0 Å². The van der Waals surface area contributed by atoms with Crippen LogP contribution in [0.15, 0.2) is 48.5 Å². The third kappa shape index (κ3) is 4.51. The van der Waals surface area contributed by atoms with Crippen molar-refractivity contribution >= 4 is 18.4 Å². The minimum Gasteiger partial charge on any atom is -0.344 e. The molecule has 0 aromatic heterocycles. The predicted molar refractivity (Wildman–Crippen MR) is 76.5 cm³/mol. The van der Waals surface area contributed by atoms with Crippen LogP contribution in [0.2, 0.25) is 13.1 Å². The Morgan fingerprint density at radius 2 is 1.88 bits per heavy atom. The first-order valence-electron chi connectivity index (χ1n) is 5.86. The molecule has 0 saturated carbocycles. The van der Waals surface area contributed by atoms with E-state index in [1.807, 2.05) is 6.92 Å². The van der Waals surface area contributed by atoms with E-state index in [2.05, 4.69) is 68.5 Å². The summed E-state index contributed by atoms with van der Waals surface area (Å²) in [4.78, 5) is 0. The van der Waals surface area contributed by atoms with Crippen LogP contribution in [0.3, 0.4) is 0 Å². The summed E-state index contributed by atoms with van der Waals surface area (Å²) in [6.45, 7) is 10.3. The molecule has 17 heavy (non-hydrogen) atoms. The zero-order chi connectivity index (χ0) is 12.0. The van der Waals surface area contributed by atoms with E-state index >= 15 is 0 Å². The van der Waals surface area contributed by atoms with E-state index in [0.717, 1.165) is 6.42 Å².